The molecule has 0 spiro atoms. The van der Waals surface area contributed by atoms with E-state index < -0.39 is 5.63 Å². The van der Waals surface area contributed by atoms with Crippen LogP contribution < -0.4 is 5.63 Å². The van der Waals surface area contributed by atoms with Crippen molar-refractivity contribution in [2.45, 2.75) is 6.92 Å². The molecule has 2 nitrogen and oxygen atoms in total. The molecule has 0 radical (unpaired) electrons. The minimum absolute atomic E-state index is 0.411. The lowest BCUT2D eigenvalue weighted by atomic mass is 9.92. The van der Waals surface area contributed by atoms with Crippen molar-refractivity contribution < 1.29 is 4.42 Å². The first-order valence-electron chi connectivity index (χ1n) is 8.13. The van der Waals surface area contributed by atoms with Gasteiger partial charge in [-0.2, -0.15) is 0 Å². The van der Waals surface area contributed by atoms with Gasteiger partial charge in [-0.15, -0.1) is 0 Å². The Balaban J connectivity index is 2.17. The molecule has 0 N–H and O–H groups in total. The van der Waals surface area contributed by atoms with Gasteiger partial charge in [-0.3, -0.25) is 0 Å². The van der Waals surface area contributed by atoms with Gasteiger partial charge in [0, 0.05) is 21.5 Å². The quantitative estimate of drug-likeness (QED) is 0.360. The highest BCUT2D eigenvalue weighted by atomic mass is 35.5. The van der Waals surface area contributed by atoms with E-state index in [9.17, 15) is 4.79 Å². The summed E-state index contributed by atoms with van der Waals surface area (Å²) in [6, 6.07) is 20.7. The van der Waals surface area contributed by atoms with Gasteiger partial charge in [0.05, 0.1) is 10.6 Å². The third kappa shape index (κ3) is 2.92. The van der Waals surface area contributed by atoms with Crippen molar-refractivity contribution in [2.75, 3.05) is 0 Å². The second-order valence-corrected chi connectivity index (χ2v) is 6.97. The van der Waals surface area contributed by atoms with Crippen molar-refractivity contribution in [3.05, 3.63) is 92.8 Å². The average Bonchev–Trinajstić information content (AvgIpc) is 2.62. The van der Waals surface area contributed by atoms with E-state index in [1.54, 1.807) is 18.2 Å². The Morgan fingerprint density at radius 1 is 0.846 bits per heavy atom. The monoisotopic (exact) mass is 380 g/mol. The molecule has 0 atom stereocenters. The first-order valence-corrected chi connectivity index (χ1v) is 8.88. The lowest BCUT2D eigenvalue weighted by Gasteiger charge is -2.14. The van der Waals surface area contributed by atoms with E-state index in [0.29, 0.717) is 26.8 Å². The molecule has 0 saturated heterocycles. The second-order valence-electron chi connectivity index (χ2n) is 6.13. The van der Waals surface area contributed by atoms with Crippen LogP contribution in [0.3, 0.4) is 0 Å². The summed E-state index contributed by atoms with van der Waals surface area (Å²) in [5, 5.41) is 1.79. The normalized spacial score (nSPS) is 11.0. The largest absolute Gasteiger partial charge is 0.422 e. The Kier molecular flexibility index (Phi) is 4.31. The third-order valence-corrected chi connectivity index (χ3v) is 4.87. The molecule has 26 heavy (non-hydrogen) atoms. The van der Waals surface area contributed by atoms with Gasteiger partial charge in [-0.25, -0.2) is 4.79 Å². The standard InChI is InChI=1S/C22H14Cl2O2/c1-13-7-9-17-19(11-13)26-22(25)21(16-10-8-15(23)12-18(16)24)20(17)14-5-3-2-4-6-14/h2-12H,1H3. The highest BCUT2D eigenvalue weighted by Crippen LogP contribution is 2.39. The fraction of sp³-hybridized carbons (Fsp3) is 0.0455. The van der Waals surface area contributed by atoms with E-state index in [-0.39, 0.29) is 0 Å². The summed E-state index contributed by atoms with van der Waals surface area (Å²) in [5.41, 5.74) is 3.93. The molecule has 0 amide bonds. The maximum Gasteiger partial charge on any atom is 0.344 e. The molecular formula is C22H14Cl2O2. The van der Waals surface area contributed by atoms with E-state index in [4.69, 9.17) is 27.6 Å². The van der Waals surface area contributed by atoms with Crippen molar-refractivity contribution in [1.82, 2.24) is 0 Å². The predicted octanol–water partition coefficient (Wildman–Crippen LogP) is 6.74. The average molecular weight is 381 g/mol. The second kappa shape index (κ2) is 6.64. The summed E-state index contributed by atoms with van der Waals surface area (Å²) < 4.78 is 5.63. The summed E-state index contributed by atoms with van der Waals surface area (Å²) in [7, 11) is 0. The van der Waals surface area contributed by atoms with Crippen LogP contribution >= 0.6 is 23.2 Å². The molecule has 0 aliphatic carbocycles. The number of hydrogen-bond donors (Lipinski definition) is 0. The Morgan fingerprint density at radius 2 is 1.62 bits per heavy atom. The Bertz CT molecular complexity index is 1180. The third-order valence-electron chi connectivity index (χ3n) is 4.33. The zero-order chi connectivity index (χ0) is 18.3. The summed E-state index contributed by atoms with van der Waals surface area (Å²) >= 11 is 12.4. The van der Waals surface area contributed by atoms with Gasteiger partial charge < -0.3 is 4.42 Å². The minimum Gasteiger partial charge on any atom is -0.422 e. The molecule has 4 rings (SSSR count). The molecule has 3 aromatic carbocycles. The lowest BCUT2D eigenvalue weighted by Crippen LogP contribution is -2.06. The van der Waals surface area contributed by atoms with Crippen LogP contribution in [-0.4, -0.2) is 0 Å². The SMILES string of the molecule is Cc1ccc2c(-c3ccccc3)c(-c3ccc(Cl)cc3Cl)c(=O)oc2c1. The van der Waals surface area contributed by atoms with Crippen molar-refractivity contribution in [1.29, 1.82) is 0 Å². The summed E-state index contributed by atoms with van der Waals surface area (Å²) in [6.07, 6.45) is 0. The first-order chi connectivity index (χ1) is 12.5. The number of aryl methyl sites for hydroxylation is 1. The molecule has 1 heterocycles. The number of rotatable bonds is 2. The van der Waals surface area contributed by atoms with Gasteiger partial charge in [0.25, 0.3) is 0 Å². The molecule has 0 bridgehead atoms. The molecular weight excluding hydrogens is 367 g/mol. The molecule has 1 aromatic heterocycles. The highest BCUT2D eigenvalue weighted by molar-refractivity contribution is 6.36. The van der Waals surface area contributed by atoms with Crippen LogP contribution in [0.1, 0.15) is 5.56 Å². The van der Waals surface area contributed by atoms with Crippen LogP contribution in [0.25, 0.3) is 33.2 Å². The van der Waals surface area contributed by atoms with Crippen LogP contribution in [0.15, 0.2) is 75.9 Å². The predicted molar refractivity (Wildman–Crippen MR) is 108 cm³/mol. The van der Waals surface area contributed by atoms with Crippen LogP contribution in [0.2, 0.25) is 10.0 Å². The van der Waals surface area contributed by atoms with Crippen LogP contribution in [0, 0.1) is 6.92 Å². The van der Waals surface area contributed by atoms with Crippen molar-refractivity contribution in [3.8, 4) is 22.3 Å². The van der Waals surface area contributed by atoms with Crippen LogP contribution in [0.5, 0.6) is 0 Å². The van der Waals surface area contributed by atoms with Gasteiger partial charge >= 0.3 is 5.63 Å². The van der Waals surface area contributed by atoms with Gasteiger partial charge in [0.1, 0.15) is 5.58 Å². The van der Waals surface area contributed by atoms with E-state index in [2.05, 4.69) is 0 Å². The van der Waals surface area contributed by atoms with Gasteiger partial charge in [0.15, 0.2) is 0 Å². The zero-order valence-corrected chi connectivity index (χ0v) is 15.4. The fourth-order valence-corrected chi connectivity index (χ4v) is 3.65. The number of fused-ring (bicyclic) bond motifs is 1. The molecule has 0 saturated carbocycles. The Hall–Kier alpha value is -2.55. The van der Waals surface area contributed by atoms with E-state index >= 15 is 0 Å². The lowest BCUT2D eigenvalue weighted by molar-refractivity contribution is 0.563. The number of halogens is 2. The smallest absolute Gasteiger partial charge is 0.344 e. The van der Waals surface area contributed by atoms with E-state index in [0.717, 1.165) is 22.1 Å². The maximum absolute atomic E-state index is 12.9. The maximum atomic E-state index is 12.9. The van der Waals surface area contributed by atoms with Gasteiger partial charge in [0.2, 0.25) is 0 Å². The topological polar surface area (TPSA) is 30.2 Å². The summed E-state index contributed by atoms with van der Waals surface area (Å²) in [4.78, 5) is 12.9. The van der Waals surface area contributed by atoms with Gasteiger partial charge in [-0.05, 0) is 36.2 Å². The summed E-state index contributed by atoms with van der Waals surface area (Å²) in [6.45, 7) is 1.96. The van der Waals surface area contributed by atoms with Crippen molar-refractivity contribution >= 4 is 34.2 Å². The zero-order valence-electron chi connectivity index (χ0n) is 13.9. The van der Waals surface area contributed by atoms with E-state index in [1.807, 2.05) is 55.5 Å². The molecule has 128 valence electrons. The van der Waals surface area contributed by atoms with E-state index in [1.165, 1.54) is 0 Å². The molecule has 0 unspecified atom stereocenters. The molecule has 0 aliphatic heterocycles. The Morgan fingerprint density at radius 3 is 2.35 bits per heavy atom. The molecule has 4 heteroatoms. The molecule has 0 fully saturated rings. The molecule has 0 aliphatic rings. The highest BCUT2D eigenvalue weighted by Gasteiger charge is 2.20. The fourth-order valence-electron chi connectivity index (χ4n) is 3.15. The summed E-state index contributed by atoms with van der Waals surface area (Å²) in [5.74, 6) is 0. The van der Waals surface area contributed by atoms with Crippen LogP contribution in [-0.2, 0) is 0 Å². The Labute approximate surface area is 160 Å². The molecule has 4 aromatic rings. The van der Waals surface area contributed by atoms with Crippen molar-refractivity contribution in [3.63, 3.8) is 0 Å². The van der Waals surface area contributed by atoms with Crippen molar-refractivity contribution in [2.24, 2.45) is 0 Å². The first kappa shape index (κ1) is 16.9. The number of hydrogen-bond acceptors (Lipinski definition) is 2. The van der Waals surface area contributed by atoms with Gasteiger partial charge in [-0.1, -0.05) is 71.7 Å². The van der Waals surface area contributed by atoms with Crippen LogP contribution in [0.4, 0.5) is 0 Å². The number of benzene rings is 3. The minimum atomic E-state index is -0.425.